The highest BCUT2D eigenvalue weighted by molar-refractivity contribution is 5.81. The van der Waals surface area contributed by atoms with Gasteiger partial charge in [-0.3, -0.25) is 0 Å². The largest absolute Gasteiger partial charge is 1.00 e. The highest BCUT2D eigenvalue weighted by atomic mass is 35.5. The van der Waals surface area contributed by atoms with Crippen LogP contribution >= 0.6 is 0 Å². The summed E-state index contributed by atoms with van der Waals surface area (Å²) in [5.74, 6) is 1.96. The number of halogens is 2. The van der Waals surface area contributed by atoms with Gasteiger partial charge in [0.05, 0.1) is 25.5 Å². The van der Waals surface area contributed by atoms with Gasteiger partial charge in [0.2, 0.25) is 0 Å². The van der Waals surface area contributed by atoms with E-state index in [1.807, 2.05) is 89.9 Å². The topological polar surface area (TPSA) is 48.1 Å². The summed E-state index contributed by atoms with van der Waals surface area (Å²) in [5.41, 5.74) is 5.18. The molecule has 0 aliphatic carbocycles. The summed E-state index contributed by atoms with van der Waals surface area (Å²) in [7, 11) is 3.30. The number of hydrogen-bond donors (Lipinski definition) is 0. The second-order valence-corrected chi connectivity index (χ2v) is 8.26. The van der Waals surface area contributed by atoms with Crippen LogP contribution in [-0.4, -0.2) is 24.2 Å². The molecule has 0 unspecified atom stereocenters. The van der Waals surface area contributed by atoms with Crippen LogP contribution in [0.25, 0.3) is 33.8 Å². The average Bonchev–Trinajstić information content (AvgIpc) is 2.94. The number of hydrogen-bond acceptors (Lipinski definition) is 4. The molecule has 5 rings (SSSR count). The maximum Gasteiger partial charge on any atom is 0.176 e. The zero-order valence-electron chi connectivity index (χ0n) is 20.4. The van der Waals surface area contributed by atoms with E-state index in [9.17, 15) is 4.39 Å². The maximum atomic E-state index is 14.0. The van der Waals surface area contributed by atoms with Crippen LogP contribution in [0.3, 0.4) is 0 Å². The molecule has 37 heavy (non-hydrogen) atoms. The first kappa shape index (κ1) is 25.8. The molecule has 0 bridgehead atoms. The third-order valence-corrected chi connectivity index (χ3v) is 6.01. The first-order chi connectivity index (χ1) is 17.6. The first-order valence-corrected chi connectivity index (χ1v) is 11.5. The fourth-order valence-electron chi connectivity index (χ4n) is 4.01. The van der Waals surface area contributed by atoms with Gasteiger partial charge in [0, 0.05) is 35.0 Å². The molecule has 0 saturated heterocycles. The Hall–Kier alpha value is -4.29. The maximum absolute atomic E-state index is 14.0. The zero-order valence-corrected chi connectivity index (χ0v) is 21.2. The van der Waals surface area contributed by atoms with E-state index in [1.165, 1.54) is 6.07 Å². The molecule has 0 N–H and O–H groups in total. The molecule has 0 amide bonds. The van der Waals surface area contributed by atoms with Crippen LogP contribution in [0.1, 0.15) is 5.56 Å². The number of aromatic nitrogens is 3. The molecule has 0 saturated carbocycles. The number of rotatable bonds is 7. The highest BCUT2D eigenvalue weighted by Crippen LogP contribution is 2.33. The van der Waals surface area contributed by atoms with Gasteiger partial charge in [-0.15, -0.1) is 0 Å². The summed E-state index contributed by atoms with van der Waals surface area (Å²) in [6.45, 7) is 0.446. The number of pyridine rings is 1. The second kappa shape index (κ2) is 11.6. The molecule has 0 aliphatic heterocycles. The van der Waals surface area contributed by atoms with E-state index in [2.05, 4.69) is 4.98 Å². The van der Waals surface area contributed by atoms with Gasteiger partial charge in [0.15, 0.2) is 24.8 Å². The van der Waals surface area contributed by atoms with E-state index < -0.39 is 0 Å². The van der Waals surface area contributed by atoms with Crippen molar-refractivity contribution < 1.29 is 30.8 Å². The molecule has 0 aliphatic rings. The Balaban J connectivity index is 0.00000320. The third kappa shape index (κ3) is 5.76. The predicted molar refractivity (Wildman–Crippen MR) is 137 cm³/mol. The highest BCUT2D eigenvalue weighted by Gasteiger charge is 2.15. The van der Waals surface area contributed by atoms with Crippen molar-refractivity contribution in [2.24, 2.45) is 0 Å². The number of benzene rings is 3. The van der Waals surface area contributed by atoms with Gasteiger partial charge in [0.25, 0.3) is 0 Å². The normalized spacial score (nSPS) is 10.5. The van der Waals surface area contributed by atoms with Gasteiger partial charge in [-0.05, 0) is 54.1 Å². The van der Waals surface area contributed by atoms with Crippen molar-refractivity contribution in [1.29, 1.82) is 0 Å². The summed E-state index contributed by atoms with van der Waals surface area (Å²) < 4.78 is 26.6. The Morgan fingerprint density at radius 1 is 0.730 bits per heavy atom. The van der Waals surface area contributed by atoms with Crippen molar-refractivity contribution in [2.45, 2.75) is 6.54 Å². The first-order valence-electron chi connectivity index (χ1n) is 11.5. The van der Waals surface area contributed by atoms with Crippen molar-refractivity contribution in [1.82, 2.24) is 9.97 Å². The minimum atomic E-state index is -0.212. The Morgan fingerprint density at radius 3 is 1.92 bits per heavy atom. The van der Waals surface area contributed by atoms with E-state index in [0.29, 0.717) is 17.9 Å². The quantitative estimate of drug-likeness (QED) is 0.314. The molecular weight excluding hydrogens is 489 g/mol. The summed E-state index contributed by atoms with van der Waals surface area (Å²) in [5, 5.41) is 0. The van der Waals surface area contributed by atoms with E-state index in [-0.39, 0.29) is 18.2 Å². The van der Waals surface area contributed by atoms with E-state index >= 15 is 0 Å². The molecule has 186 valence electrons. The molecule has 0 fully saturated rings. The van der Waals surface area contributed by atoms with Crippen LogP contribution in [0.15, 0.2) is 104 Å². The minimum Gasteiger partial charge on any atom is -1.00 e. The number of ether oxygens (including phenoxy) is 2. The Kier molecular flexibility index (Phi) is 8.11. The van der Waals surface area contributed by atoms with Crippen LogP contribution in [0.2, 0.25) is 0 Å². The molecule has 2 aromatic heterocycles. The van der Waals surface area contributed by atoms with Crippen molar-refractivity contribution in [3.05, 3.63) is 115 Å². The van der Waals surface area contributed by atoms with Crippen molar-refractivity contribution in [3.63, 3.8) is 0 Å². The van der Waals surface area contributed by atoms with E-state index in [0.717, 1.165) is 39.4 Å². The number of nitrogens with zero attached hydrogens (tertiary/aromatic N) is 3. The van der Waals surface area contributed by atoms with Gasteiger partial charge in [-0.1, -0.05) is 24.3 Å². The van der Waals surface area contributed by atoms with Crippen molar-refractivity contribution >= 4 is 0 Å². The van der Waals surface area contributed by atoms with Crippen molar-refractivity contribution in [2.75, 3.05) is 14.2 Å². The van der Waals surface area contributed by atoms with Gasteiger partial charge in [-0.25, -0.2) is 18.9 Å². The molecule has 0 radical (unpaired) electrons. The van der Waals surface area contributed by atoms with Crippen LogP contribution in [0.4, 0.5) is 4.39 Å². The standard InChI is InChI=1S/C30H25FN3O2.ClH/c1-35-25-11-7-21(8-12-25)27-19-32-30(33-29(27)22-9-13-26(36-2)14-10-22)23-15-17-34(18-16-23)20-24-5-3-4-6-28(24)31;/h3-19H,20H2,1-2H3;1H/q+1;/p-1. The Labute approximate surface area is 221 Å². The Morgan fingerprint density at radius 2 is 1.32 bits per heavy atom. The van der Waals surface area contributed by atoms with Gasteiger partial charge in [0.1, 0.15) is 17.3 Å². The lowest BCUT2D eigenvalue weighted by molar-refractivity contribution is -0.688. The van der Waals surface area contributed by atoms with E-state index in [1.54, 1.807) is 26.4 Å². The van der Waals surface area contributed by atoms with Crippen LogP contribution in [0, 0.1) is 5.82 Å². The molecule has 5 aromatic rings. The summed E-state index contributed by atoms with van der Waals surface area (Å²) in [6.07, 6.45) is 5.68. The molecule has 0 spiro atoms. The van der Waals surface area contributed by atoms with E-state index in [4.69, 9.17) is 14.5 Å². The Bertz CT molecular complexity index is 1480. The fourth-order valence-corrected chi connectivity index (χ4v) is 4.01. The summed E-state index contributed by atoms with van der Waals surface area (Å²) >= 11 is 0. The smallest absolute Gasteiger partial charge is 0.176 e. The van der Waals surface area contributed by atoms with Gasteiger partial charge in [-0.2, -0.15) is 0 Å². The molecular formula is C30H25ClFN3O2. The molecule has 0 atom stereocenters. The lowest BCUT2D eigenvalue weighted by atomic mass is 10.00. The monoisotopic (exact) mass is 513 g/mol. The lowest BCUT2D eigenvalue weighted by Crippen LogP contribution is -3.00. The molecule has 2 heterocycles. The van der Waals surface area contributed by atoms with Gasteiger partial charge < -0.3 is 21.9 Å². The molecule has 5 nitrogen and oxygen atoms in total. The third-order valence-electron chi connectivity index (χ3n) is 6.01. The SMILES string of the molecule is COc1ccc(-c2cnc(-c3cc[n+](Cc4ccccc4F)cc3)nc2-c2ccc(OC)cc2)cc1.[Cl-]. The molecule has 3 aromatic carbocycles. The minimum absolute atomic E-state index is 0. The summed E-state index contributed by atoms with van der Waals surface area (Å²) in [4.78, 5) is 9.64. The van der Waals surface area contributed by atoms with Crippen LogP contribution in [0.5, 0.6) is 11.5 Å². The van der Waals surface area contributed by atoms with Crippen LogP contribution in [-0.2, 0) is 6.54 Å². The zero-order chi connectivity index (χ0) is 24.9. The lowest BCUT2D eigenvalue weighted by Gasteiger charge is -2.12. The summed E-state index contributed by atoms with van der Waals surface area (Å²) in [6, 6.07) is 26.4. The van der Waals surface area contributed by atoms with Crippen molar-refractivity contribution in [3.8, 4) is 45.3 Å². The second-order valence-electron chi connectivity index (χ2n) is 8.26. The average molecular weight is 514 g/mol. The number of methoxy groups -OCH3 is 2. The van der Waals surface area contributed by atoms with Crippen LogP contribution < -0.4 is 26.4 Å². The molecule has 7 heteroatoms. The van der Waals surface area contributed by atoms with Gasteiger partial charge >= 0.3 is 0 Å². The predicted octanol–water partition coefficient (Wildman–Crippen LogP) is 2.97. The fraction of sp³-hybridized carbons (Fsp3) is 0.100.